The van der Waals surface area contributed by atoms with Crippen molar-refractivity contribution >= 4 is 11.9 Å². The first kappa shape index (κ1) is 12.2. The van der Waals surface area contributed by atoms with E-state index in [-0.39, 0.29) is 23.3 Å². The topological polar surface area (TPSA) is 84.2 Å². The van der Waals surface area contributed by atoms with Gasteiger partial charge < -0.3 is 10.4 Å². The minimum Gasteiger partial charge on any atom is -0.476 e. The van der Waals surface area contributed by atoms with Crippen molar-refractivity contribution < 1.29 is 14.7 Å². The van der Waals surface area contributed by atoms with Gasteiger partial charge in [-0.2, -0.15) is 5.10 Å². The van der Waals surface area contributed by atoms with Gasteiger partial charge in [0.25, 0.3) is 5.91 Å². The Hall–Kier alpha value is -1.85. The first-order valence-electron chi connectivity index (χ1n) is 5.07. The number of aryl methyl sites for hydroxylation is 1. The maximum atomic E-state index is 11.7. The molecular formula is C10H15N3O3. The number of hydrogen-bond acceptors (Lipinski definition) is 3. The van der Waals surface area contributed by atoms with Crippen molar-refractivity contribution in [2.24, 2.45) is 0 Å². The predicted octanol–water partition coefficient (Wildman–Crippen LogP) is 0.739. The van der Waals surface area contributed by atoms with Gasteiger partial charge in [0.15, 0.2) is 5.69 Å². The highest BCUT2D eigenvalue weighted by molar-refractivity contribution is 5.95. The van der Waals surface area contributed by atoms with Gasteiger partial charge in [-0.05, 0) is 20.8 Å². The number of rotatable bonds is 4. The predicted molar refractivity (Wildman–Crippen MR) is 57.5 cm³/mol. The molecule has 0 radical (unpaired) electrons. The van der Waals surface area contributed by atoms with E-state index >= 15 is 0 Å². The van der Waals surface area contributed by atoms with E-state index in [0.29, 0.717) is 6.54 Å². The third-order valence-electron chi connectivity index (χ3n) is 1.95. The molecule has 2 N–H and O–H groups in total. The molecule has 1 amide bonds. The molecule has 88 valence electrons. The number of hydrogen-bond donors (Lipinski definition) is 2. The van der Waals surface area contributed by atoms with Crippen LogP contribution in [0.1, 0.15) is 41.7 Å². The summed E-state index contributed by atoms with van der Waals surface area (Å²) in [4.78, 5) is 22.4. The molecule has 1 aromatic rings. The highest BCUT2D eigenvalue weighted by Gasteiger charge is 2.18. The molecule has 0 bridgehead atoms. The van der Waals surface area contributed by atoms with E-state index in [1.54, 1.807) is 6.92 Å². The maximum Gasteiger partial charge on any atom is 0.356 e. The van der Waals surface area contributed by atoms with E-state index in [9.17, 15) is 9.59 Å². The highest BCUT2D eigenvalue weighted by atomic mass is 16.4. The molecule has 6 nitrogen and oxygen atoms in total. The van der Waals surface area contributed by atoms with Gasteiger partial charge in [0.1, 0.15) is 5.69 Å². The van der Waals surface area contributed by atoms with Crippen LogP contribution in [-0.2, 0) is 6.54 Å². The molecule has 0 aliphatic rings. The van der Waals surface area contributed by atoms with Crippen LogP contribution in [0.15, 0.2) is 6.07 Å². The molecule has 1 rings (SSSR count). The van der Waals surface area contributed by atoms with Crippen LogP contribution in [0.5, 0.6) is 0 Å². The van der Waals surface area contributed by atoms with Crippen LogP contribution < -0.4 is 5.32 Å². The second kappa shape index (κ2) is 4.78. The van der Waals surface area contributed by atoms with Crippen molar-refractivity contribution in [3.8, 4) is 0 Å². The van der Waals surface area contributed by atoms with E-state index in [0.717, 1.165) is 0 Å². The number of aromatic carboxylic acids is 1. The lowest BCUT2D eigenvalue weighted by molar-refractivity contribution is 0.0689. The monoisotopic (exact) mass is 225 g/mol. The second-order valence-electron chi connectivity index (χ2n) is 3.66. The fourth-order valence-electron chi connectivity index (χ4n) is 1.28. The van der Waals surface area contributed by atoms with E-state index in [1.165, 1.54) is 10.7 Å². The molecule has 0 atom stereocenters. The lowest BCUT2D eigenvalue weighted by Crippen LogP contribution is -2.31. The number of carbonyl (C=O) groups is 2. The molecule has 0 aliphatic heterocycles. The summed E-state index contributed by atoms with van der Waals surface area (Å²) in [5.41, 5.74) is 0.157. The number of nitrogens with zero attached hydrogens (tertiary/aromatic N) is 2. The van der Waals surface area contributed by atoms with Gasteiger partial charge in [0.05, 0.1) is 0 Å². The van der Waals surface area contributed by atoms with Crippen LogP contribution in [0.2, 0.25) is 0 Å². The third-order valence-corrected chi connectivity index (χ3v) is 1.95. The van der Waals surface area contributed by atoms with Crippen LogP contribution in [0.25, 0.3) is 0 Å². The number of carboxylic acids is 1. The normalized spacial score (nSPS) is 10.5. The van der Waals surface area contributed by atoms with E-state index in [1.807, 2.05) is 13.8 Å². The number of carbonyl (C=O) groups excluding carboxylic acids is 1. The quantitative estimate of drug-likeness (QED) is 0.791. The van der Waals surface area contributed by atoms with Gasteiger partial charge in [-0.15, -0.1) is 0 Å². The van der Waals surface area contributed by atoms with E-state index in [2.05, 4.69) is 10.4 Å². The Morgan fingerprint density at radius 1 is 1.56 bits per heavy atom. The molecule has 0 saturated carbocycles. The van der Waals surface area contributed by atoms with Crippen molar-refractivity contribution in [3.05, 3.63) is 17.5 Å². The summed E-state index contributed by atoms with van der Waals surface area (Å²) in [6.07, 6.45) is 0. The Morgan fingerprint density at radius 2 is 2.19 bits per heavy atom. The summed E-state index contributed by atoms with van der Waals surface area (Å²) in [7, 11) is 0. The fourth-order valence-corrected chi connectivity index (χ4v) is 1.28. The average Bonchev–Trinajstić information content (AvgIpc) is 2.60. The molecule has 1 aromatic heterocycles. The van der Waals surface area contributed by atoms with Crippen LogP contribution in [-0.4, -0.2) is 32.8 Å². The van der Waals surface area contributed by atoms with Gasteiger partial charge >= 0.3 is 5.97 Å². The van der Waals surface area contributed by atoms with Gasteiger partial charge in [-0.3, -0.25) is 9.48 Å². The van der Waals surface area contributed by atoms with Crippen molar-refractivity contribution in [1.29, 1.82) is 0 Å². The Balaban J connectivity index is 3.02. The second-order valence-corrected chi connectivity index (χ2v) is 3.66. The van der Waals surface area contributed by atoms with E-state index in [4.69, 9.17) is 5.11 Å². The van der Waals surface area contributed by atoms with Crippen LogP contribution in [0, 0.1) is 0 Å². The Kier molecular flexibility index (Phi) is 3.65. The number of aromatic nitrogens is 2. The number of carboxylic acid groups (broad SMARTS) is 1. The largest absolute Gasteiger partial charge is 0.476 e. The lowest BCUT2D eigenvalue weighted by Gasteiger charge is -2.08. The first-order valence-corrected chi connectivity index (χ1v) is 5.07. The van der Waals surface area contributed by atoms with Crippen molar-refractivity contribution in [2.75, 3.05) is 0 Å². The molecule has 0 fully saturated rings. The Labute approximate surface area is 93.3 Å². The first-order chi connectivity index (χ1) is 7.45. The van der Waals surface area contributed by atoms with Gasteiger partial charge in [-0.25, -0.2) is 4.79 Å². The smallest absolute Gasteiger partial charge is 0.356 e. The standard InChI is InChI=1S/C10H15N3O3/c1-4-13-8(9(14)11-6(2)3)5-7(12-13)10(15)16/h5-6H,4H2,1-3H3,(H,11,14)(H,15,16). The minimum absolute atomic E-state index is 0.000911. The number of nitrogens with one attached hydrogen (secondary N) is 1. The molecule has 1 heterocycles. The maximum absolute atomic E-state index is 11.7. The Bertz CT molecular complexity index is 409. The third kappa shape index (κ3) is 2.59. The van der Waals surface area contributed by atoms with Crippen LogP contribution in [0.4, 0.5) is 0 Å². The summed E-state index contributed by atoms with van der Waals surface area (Å²) < 4.78 is 1.38. The van der Waals surface area contributed by atoms with E-state index < -0.39 is 5.97 Å². The molecule has 0 aliphatic carbocycles. The highest BCUT2D eigenvalue weighted by Crippen LogP contribution is 2.05. The minimum atomic E-state index is -1.13. The van der Waals surface area contributed by atoms with Crippen molar-refractivity contribution in [1.82, 2.24) is 15.1 Å². The summed E-state index contributed by atoms with van der Waals surface area (Å²) in [5, 5.41) is 15.3. The summed E-state index contributed by atoms with van der Waals surface area (Å²) in [6, 6.07) is 1.28. The molecule has 0 spiro atoms. The zero-order valence-corrected chi connectivity index (χ0v) is 9.52. The number of amides is 1. The van der Waals surface area contributed by atoms with Gasteiger partial charge in [0, 0.05) is 18.7 Å². The van der Waals surface area contributed by atoms with Crippen LogP contribution in [0.3, 0.4) is 0 Å². The molecular weight excluding hydrogens is 210 g/mol. The summed E-state index contributed by atoms with van der Waals surface area (Å²) in [6.45, 7) is 5.92. The zero-order chi connectivity index (χ0) is 12.3. The zero-order valence-electron chi connectivity index (χ0n) is 9.52. The molecule has 0 aromatic carbocycles. The SMILES string of the molecule is CCn1nc(C(=O)O)cc1C(=O)NC(C)C. The van der Waals surface area contributed by atoms with Crippen molar-refractivity contribution in [2.45, 2.75) is 33.4 Å². The van der Waals surface area contributed by atoms with Crippen LogP contribution >= 0.6 is 0 Å². The molecule has 6 heteroatoms. The molecule has 16 heavy (non-hydrogen) atoms. The van der Waals surface area contributed by atoms with Gasteiger partial charge in [0.2, 0.25) is 0 Å². The summed E-state index contributed by atoms with van der Waals surface area (Å²) in [5.74, 6) is -1.44. The molecule has 0 unspecified atom stereocenters. The average molecular weight is 225 g/mol. The Morgan fingerprint density at radius 3 is 2.62 bits per heavy atom. The molecule has 0 saturated heterocycles. The lowest BCUT2D eigenvalue weighted by atomic mass is 10.3. The fraction of sp³-hybridized carbons (Fsp3) is 0.500. The summed E-state index contributed by atoms with van der Waals surface area (Å²) >= 11 is 0. The van der Waals surface area contributed by atoms with Gasteiger partial charge in [-0.1, -0.05) is 0 Å². The van der Waals surface area contributed by atoms with Crippen molar-refractivity contribution in [3.63, 3.8) is 0 Å².